The van der Waals surface area contributed by atoms with E-state index in [0.29, 0.717) is 16.1 Å². The van der Waals surface area contributed by atoms with Crippen molar-refractivity contribution < 1.29 is 14.5 Å². The average Bonchev–Trinajstić information content (AvgIpc) is 2.89. The highest BCUT2D eigenvalue weighted by Crippen LogP contribution is 2.22. The molecule has 1 aliphatic rings. The van der Waals surface area contributed by atoms with Crippen LogP contribution in [0.4, 0.5) is 5.69 Å². The van der Waals surface area contributed by atoms with E-state index in [0.717, 1.165) is 0 Å². The first-order valence-corrected chi connectivity index (χ1v) is 6.94. The minimum absolute atomic E-state index is 0.0624. The van der Waals surface area contributed by atoms with E-state index >= 15 is 0 Å². The molecule has 0 aliphatic carbocycles. The summed E-state index contributed by atoms with van der Waals surface area (Å²) in [6, 6.07) is 12.6. The normalized spacial score (nSPS) is 15.4. The van der Waals surface area contributed by atoms with Crippen LogP contribution in [0.1, 0.15) is 11.1 Å². The molecule has 2 aromatic carbocycles. The van der Waals surface area contributed by atoms with Crippen molar-refractivity contribution >= 4 is 35.2 Å². The Morgan fingerprint density at radius 1 is 1.17 bits per heavy atom. The molecule has 0 fully saturated rings. The fourth-order valence-corrected chi connectivity index (χ4v) is 2.14. The lowest BCUT2D eigenvalue weighted by Crippen LogP contribution is -2.05. The van der Waals surface area contributed by atoms with Gasteiger partial charge in [-0.1, -0.05) is 23.7 Å². The second-order valence-electron chi connectivity index (χ2n) is 4.70. The van der Waals surface area contributed by atoms with Gasteiger partial charge in [-0.3, -0.25) is 10.1 Å². The summed E-state index contributed by atoms with van der Waals surface area (Å²) in [5.41, 5.74) is 1.13. The third-order valence-corrected chi connectivity index (χ3v) is 3.35. The average molecular weight is 329 g/mol. The summed E-state index contributed by atoms with van der Waals surface area (Å²) >= 11 is 5.81. The van der Waals surface area contributed by atoms with Crippen molar-refractivity contribution in [2.24, 2.45) is 4.99 Å². The molecule has 0 N–H and O–H groups in total. The molecule has 1 heterocycles. The van der Waals surface area contributed by atoms with E-state index in [9.17, 15) is 14.9 Å². The van der Waals surface area contributed by atoms with Crippen molar-refractivity contribution in [1.29, 1.82) is 0 Å². The Labute approximate surface area is 135 Å². The molecule has 0 aromatic heterocycles. The monoisotopic (exact) mass is 328 g/mol. The molecular weight excluding hydrogens is 320 g/mol. The number of cyclic esters (lactones) is 1. The van der Waals surface area contributed by atoms with Gasteiger partial charge in [0.15, 0.2) is 5.70 Å². The van der Waals surface area contributed by atoms with Crippen molar-refractivity contribution in [1.82, 2.24) is 0 Å². The number of nitro groups is 1. The van der Waals surface area contributed by atoms with Gasteiger partial charge in [0.05, 0.1) is 4.92 Å². The van der Waals surface area contributed by atoms with Gasteiger partial charge >= 0.3 is 5.97 Å². The second kappa shape index (κ2) is 6.02. The Kier molecular flexibility index (Phi) is 3.91. The van der Waals surface area contributed by atoms with Crippen molar-refractivity contribution in [3.05, 3.63) is 80.5 Å². The van der Waals surface area contributed by atoms with E-state index in [2.05, 4.69) is 4.99 Å². The fourth-order valence-electron chi connectivity index (χ4n) is 2.01. The largest absolute Gasteiger partial charge is 0.402 e. The number of aliphatic imine (C=N–C) groups is 1. The number of hydrogen-bond donors (Lipinski definition) is 0. The maximum atomic E-state index is 11.9. The molecular formula is C16H9ClN2O4. The van der Waals surface area contributed by atoms with Gasteiger partial charge in [0.1, 0.15) is 0 Å². The summed E-state index contributed by atoms with van der Waals surface area (Å²) in [7, 11) is 0. The molecule has 0 saturated heterocycles. The number of carbonyl (C=O) groups excluding carboxylic acids is 1. The van der Waals surface area contributed by atoms with Crippen molar-refractivity contribution in [2.45, 2.75) is 0 Å². The Morgan fingerprint density at radius 2 is 1.91 bits per heavy atom. The molecule has 1 aliphatic heterocycles. The van der Waals surface area contributed by atoms with Gasteiger partial charge in [-0.25, -0.2) is 9.79 Å². The maximum absolute atomic E-state index is 11.9. The molecule has 0 saturated carbocycles. The second-order valence-corrected chi connectivity index (χ2v) is 5.13. The van der Waals surface area contributed by atoms with Crippen LogP contribution in [0, 0.1) is 10.1 Å². The van der Waals surface area contributed by atoms with Crippen LogP contribution in [0.15, 0.2) is 59.2 Å². The molecule has 3 rings (SSSR count). The van der Waals surface area contributed by atoms with E-state index in [1.807, 2.05) is 0 Å². The summed E-state index contributed by atoms with van der Waals surface area (Å²) in [6.07, 6.45) is 1.44. The van der Waals surface area contributed by atoms with Crippen LogP contribution < -0.4 is 0 Å². The SMILES string of the molecule is O=C1OC(c2ccc(Cl)cc2)=N/C1=C\c1cccc([N+](=O)[O-])c1. The van der Waals surface area contributed by atoms with Crippen LogP contribution in [0.25, 0.3) is 6.08 Å². The van der Waals surface area contributed by atoms with Crippen LogP contribution in [0.2, 0.25) is 5.02 Å². The number of nitrogens with zero attached hydrogens (tertiary/aromatic N) is 2. The van der Waals surface area contributed by atoms with Crippen molar-refractivity contribution in [2.75, 3.05) is 0 Å². The van der Waals surface area contributed by atoms with E-state index in [-0.39, 0.29) is 17.3 Å². The predicted octanol–water partition coefficient (Wildman–Crippen LogP) is 3.59. The predicted molar refractivity (Wildman–Crippen MR) is 85.2 cm³/mol. The number of nitro benzene ring substituents is 1. The van der Waals surface area contributed by atoms with Gasteiger partial charge in [-0.2, -0.15) is 0 Å². The molecule has 6 nitrogen and oxygen atoms in total. The number of rotatable bonds is 3. The lowest BCUT2D eigenvalue weighted by Gasteiger charge is -1.98. The smallest absolute Gasteiger partial charge is 0.363 e. The molecule has 0 amide bonds. The van der Waals surface area contributed by atoms with Crippen molar-refractivity contribution in [3.8, 4) is 0 Å². The fraction of sp³-hybridized carbons (Fsp3) is 0. The quantitative estimate of drug-likeness (QED) is 0.373. The van der Waals surface area contributed by atoms with Gasteiger partial charge < -0.3 is 4.74 Å². The van der Waals surface area contributed by atoms with Gasteiger partial charge in [0, 0.05) is 22.7 Å². The minimum Gasteiger partial charge on any atom is -0.402 e. The molecule has 114 valence electrons. The molecule has 2 aromatic rings. The van der Waals surface area contributed by atoms with E-state index < -0.39 is 10.9 Å². The number of benzene rings is 2. The molecule has 0 radical (unpaired) electrons. The topological polar surface area (TPSA) is 81.8 Å². The molecule has 0 unspecified atom stereocenters. The van der Waals surface area contributed by atoms with E-state index in [4.69, 9.17) is 16.3 Å². The number of hydrogen-bond acceptors (Lipinski definition) is 5. The number of halogens is 1. The molecule has 7 heteroatoms. The van der Waals surface area contributed by atoms with Gasteiger partial charge in [0.25, 0.3) is 5.69 Å². The zero-order valence-electron chi connectivity index (χ0n) is 11.6. The number of non-ortho nitro benzene ring substituents is 1. The highest BCUT2D eigenvalue weighted by molar-refractivity contribution is 6.30. The molecule has 23 heavy (non-hydrogen) atoms. The van der Waals surface area contributed by atoms with E-state index in [1.54, 1.807) is 30.3 Å². The maximum Gasteiger partial charge on any atom is 0.363 e. The zero-order valence-corrected chi connectivity index (χ0v) is 12.4. The van der Waals surface area contributed by atoms with E-state index in [1.165, 1.54) is 24.3 Å². The number of carbonyl (C=O) groups is 1. The van der Waals surface area contributed by atoms with Crippen LogP contribution >= 0.6 is 11.6 Å². The number of esters is 1. The summed E-state index contributed by atoms with van der Waals surface area (Å²) in [6.45, 7) is 0. The zero-order chi connectivity index (χ0) is 16.4. The van der Waals surface area contributed by atoms with Gasteiger partial charge in [-0.15, -0.1) is 0 Å². The molecule has 0 bridgehead atoms. The highest BCUT2D eigenvalue weighted by atomic mass is 35.5. The third kappa shape index (κ3) is 3.27. The van der Waals surface area contributed by atoms with Gasteiger partial charge in [-0.05, 0) is 35.9 Å². The third-order valence-electron chi connectivity index (χ3n) is 3.10. The molecule has 0 atom stereocenters. The van der Waals surface area contributed by atoms with Crippen LogP contribution in [-0.2, 0) is 9.53 Å². The first kappa shape index (κ1) is 14.9. The Hall–Kier alpha value is -2.99. The Bertz CT molecular complexity index is 857. The minimum atomic E-state index is -0.610. The lowest BCUT2D eigenvalue weighted by atomic mass is 10.1. The van der Waals surface area contributed by atoms with Crippen LogP contribution in [0.5, 0.6) is 0 Å². The summed E-state index contributed by atoms with van der Waals surface area (Å²) in [5.74, 6) is -0.440. The van der Waals surface area contributed by atoms with Crippen LogP contribution in [-0.4, -0.2) is 16.8 Å². The molecule has 0 spiro atoms. The highest BCUT2D eigenvalue weighted by Gasteiger charge is 2.24. The Morgan fingerprint density at radius 3 is 2.61 bits per heavy atom. The lowest BCUT2D eigenvalue weighted by molar-refractivity contribution is -0.384. The Balaban J connectivity index is 1.93. The summed E-state index contributed by atoms with van der Waals surface area (Å²) in [4.78, 5) is 26.3. The van der Waals surface area contributed by atoms with Crippen molar-refractivity contribution in [3.63, 3.8) is 0 Å². The summed E-state index contributed by atoms with van der Waals surface area (Å²) in [5, 5.41) is 11.3. The first-order valence-electron chi connectivity index (χ1n) is 6.56. The standard InChI is InChI=1S/C16H9ClN2O4/c17-12-6-4-11(5-7-12)15-18-14(16(20)23-15)9-10-2-1-3-13(8-10)19(21)22/h1-9H/b14-9-. The van der Waals surface area contributed by atoms with Crippen LogP contribution in [0.3, 0.4) is 0 Å². The summed E-state index contributed by atoms with van der Waals surface area (Å²) < 4.78 is 5.12. The number of ether oxygens (including phenoxy) is 1. The first-order chi connectivity index (χ1) is 11.0. The van der Waals surface area contributed by atoms with Gasteiger partial charge in [0.2, 0.25) is 5.90 Å².